The van der Waals surface area contributed by atoms with Gasteiger partial charge in [0, 0.05) is 24.4 Å². The number of amides is 2. The van der Waals surface area contributed by atoms with Gasteiger partial charge >= 0.3 is 5.97 Å². The number of fused-ring (bicyclic) bond motifs is 1. The number of thiazole rings is 1. The van der Waals surface area contributed by atoms with Gasteiger partial charge in [0.25, 0.3) is 0 Å². The Hall–Kier alpha value is -2.74. The predicted molar refractivity (Wildman–Crippen MR) is 102 cm³/mol. The van der Waals surface area contributed by atoms with E-state index < -0.39 is 5.97 Å². The average molecular weight is 387 g/mol. The molecule has 0 aliphatic carbocycles. The number of carboxylic acids is 1. The number of aromatic nitrogens is 1. The normalized spacial score (nSPS) is 13.4. The quantitative estimate of drug-likeness (QED) is 0.821. The van der Waals surface area contributed by atoms with E-state index in [1.165, 1.54) is 11.3 Å². The summed E-state index contributed by atoms with van der Waals surface area (Å²) in [6, 6.07) is 5.06. The van der Waals surface area contributed by atoms with Crippen LogP contribution in [-0.4, -0.2) is 39.3 Å². The Morgan fingerprint density at radius 1 is 1.30 bits per heavy atom. The van der Waals surface area contributed by atoms with E-state index in [9.17, 15) is 14.4 Å². The van der Waals surface area contributed by atoms with Crippen LogP contribution in [-0.2, 0) is 29.0 Å². The summed E-state index contributed by atoms with van der Waals surface area (Å²) in [5.41, 5.74) is 2.80. The number of nitrogens with one attached hydrogen (secondary N) is 1. The minimum Gasteiger partial charge on any atom is -0.478 e. The van der Waals surface area contributed by atoms with Gasteiger partial charge in [0.15, 0.2) is 5.13 Å². The topological polar surface area (TPSA) is 99.6 Å². The first-order valence-electron chi connectivity index (χ1n) is 8.71. The van der Waals surface area contributed by atoms with E-state index in [2.05, 4.69) is 10.3 Å². The number of hydrogen-bond donors (Lipinski definition) is 2. The fraction of sp³-hybridized carbons (Fsp3) is 0.368. The number of benzene rings is 1. The number of hydrogen-bond acceptors (Lipinski definition) is 5. The van der Waals surface area contributed by atoms with Crippen molar-refractivity contribution in [1.29, 1.82) is 0 Å². The van der Waals surface area contributed by atoms with Crippen molar-refractivity contribution in [2.24, 2.45) is 5.92 Å². The summed E-state index contributed by atoms with van der Waals surface area (Å²) in [7, 11) is 0. The van der Waals surface area contributed by atoms with Crippen LogP contribution in [0.5, 0.6) is 0 Å². The highest BCUT2D eigenvalue weighted by molar-refractivity contribution is 7.13. The summed E-state index contributed by atoms with van der Waals surface area (Å²) >= 11 is 1.30. The third kappa shape index (κ3) is 4.51. The molecule has 1 aromatic heterocycles. The smallest absolute Gasteiger partial charge is 0.335 e. The van der Waals surface area contributed by atoms with Crippen LogP contribution in [0.4, 0.5) is 5.13 Å². The first-order chi connectivity index (χ1) is 12.8. The Bertz CT molecular complexity index is 891. The largest absolute Gasteiger partial charge is 0.478 e. The first kappa shape index (κ1) is 19.0. The van der Waals surface area contributed by atoms with Gasteiger partial charge in [0.05, 0.1) is 17.7 Å². The van der Waals surface area contributed by atoms with Crippen molar-refractivity contribution in [3.63, 3.8) is 0 Å². The first-order valence-corrected chi connectivity index (χ1v) is 9.59. The zero-order chi connectivity index (χ0) is 19.6. The lowest BCUT2D eigenvalue weighted by atomic mass is 9.97. The van der Waals surface area contributed by atoms with Crippen LogP contribution < -0.4 is 5.32 Å². The third-order valence-corrected chi connectivity index (χ3v) is 5.26. The number of aromatic carboxylic acids is 1. The van der Waals surface area contributed by atoms with E-state index in [1.807, 2.05) is 6.07 Å². The van der Waals surface area contributed by atoms with Gasteiger partial charge in [-0.05, 0) is 29.7 Å². The number of rotatable bonds is 5. The molecule has 2 N–H and O–H groups in total. The molecule has 27 heavy (non-hydrogen) atoms. The second kappa shape index (κ2) is 7.87. The van der Waals surface area contributed by atoms with Crippen molar-refractivity contribution in [3.05, 3.63) is 46.0 Å². The molecule has 0 bridgehead atoms. The monoisotopic (exact) mass is 387 g/mol. The second-order valence-electron chi connectivity index (χ2n) is 6.82. The molecule has 1 aromatic carbocycles. The SMILES string of the molecule is CC(C)C(=O)Nc1nc(CC(=O)N2CCc3ccc(C(=O)O)cc3C2)cs1. The number of carboxylic acid groups (broad SMARTS) is 1. The van der Waals surface area contributed by atoms with Crippen molar-refractivity contribution < 1.29 is 19.5 Å². The maximum atomic E-state index is 12.6. The van der Waals surface area contributed by atoms with Gasteiger partial charge < -0.3 is 15.3 Å². The number of nitrogens with zero attached hydrogens (tertiary/aromatic N) is 2. The van der Waals surface area contributed by atoms with Crippen LogP contribution in [0, 0.1) is 5.92 Å². The Balaban J connectivity index is 1.64. The van der Waals surface area contributed by atoms with Gasteiger partial charge in [-0.1, -0.05) is 19.9 Å². The highest BCUT2D eigenvalue weighted by Crippen LogP contribution is 2.22. The molecular formula is C19H21N3O4S. The van der Waals surface area contributed by atoms with Crippen molar-refractivity contribution in [3.8, 4) is 0 Å². The fourth-order valence-electron chi connectivity index (χ4n) is 2.87. The lowest BCUT2D eigenvalue weighted by Crippen LogP contribution is -2.37. The molecule has 2 heterocycles. The Morgan fingerprint density at radius 2 is 2.07 bits per heavy atom. The summed E-state index contributed by atoms with van der Waals surface area (Å²) in [5.74, 6) is -1.28. The standard InChI is InChI=1S/C19H21N3O4S/c1-11(2)17(24)21-19-20-15(10-27-19)8-16(23)22-6-5-12-3-4-13(18(25)26)7-14(12)9-22/h3-4,7,10-11H,5-6,8-9H2,1-2H3,(H,25,26)(H,20,21,24). The molecule has 2 aromatic rings. The molecule has 142 valence electrons. The molecule has 0 spiro atoms. The van der Waals surface area contributed by atoms with Crippen LogP contribution in [0.3, 0.4) is 0 Å². The van der Waals surface area contributed by atoms with Gasteiger partial charge in [0.2, 0.25) is 11.8 Å². The fourth-order valence-corrected chi connectivity index (χ4v) is 3.58. The molecule has 1 aliphatic rings. The highest BCUT2D eigenvalue weighted by atomic mass is 32.1. The molecule has 3 rings (SSSR count). The van der Waals surface area contributed by atoms with E-state index in [4.69, 9.17) is 5.11 Å². The summed E-state index contributed by atoms with van der Waals surface area (Å²) in [4.78, 5) is 41.5. The maximum Gasteiger partial charge on any atom is 0.335 e. The molecule has 8 heteroatoms. The van der Waals surface area contributed by atoms with E-state index in [-0.39, 0.29) is 29.7 Å². The maximum absolute atomic E-state index is 12.6. The predicted octanol–water partition coefficient (Wildman–Crippen LogP) is 2.56. The van der Waals surface area contributed by atoms with Gasteiger partial charge in [-0.25, -0.2) is 9.78 Å². The van der Waals surface area contributed by atoms with Gasteiger partial charge in [-0.2, -0.15) is 0 Å². The summed E-state index contributed by atoms with van der Waals surface area (Å²) in [5, 5.41) is 14.1. The average Bonchev–Trinajstić information content (AvgIpc) is 3.07. The van der Waals surface area contributed by atoms with E-state index in [0.29, 0.717) is 30.3 Å². The summed E-state index contributed by atoms with van der Waals surface area (Å²) in [6.45, 7) is 4.60. The lowest BCUT2D eigenvalue weighted by molar-refractivity contribution is -0.131. The number of carbonyl (C=O) groups excluding carboxylic acids is 2. The molecule has 0 fully saturated rings. The van der Waals surface area contributed by atoms with E-state index in [1.54, 1.807) is 36.3 Å². The summed E-state index contributed by atoms with van der Waals surface area (Å²) < 4.78 is 0. The molecule has 2 amide bonds. The minimum absolute atomic E-state index is 0.0617. The van der Waals surface area contributed by atoms with Crippen LogP contribution >= 0.6 is 11.3 Å². The van der Waals surface area contributed by atoms with Gasteiger partial charge in [-0.15, -0.1) is 11.3 Å². The molecule has 0 unspecified atom stereocenters. The van der Waals surface area contributed by atoms with Crippen LogP contribution in [0.2, 0.25) is 0 Å². The highest BCUT2D eigenvalue weighted by Gasteiger charge is 2.22. The van der Waals surface area contributed by atoms with E-state index in [0.717, 1.165) is 11.1 Å². The Morgan fingerprint density at radius 3 is 2.78 bits per heavy atom. The molecule has 0 saturated heterocycles. The molecule has 1 aliphatic heterocycles. The van der Waals surface area contributed by atoms with Crippen LogP contribution in [0.15, 0.2) is 23.6 Å². The van der Waals surface area contributed by atoms with Crippen molar-refractivity contribution in [2.45, 2.75) is 33.2 Å². The molecule has 7 nitrogen and oxygen atoms in total. The molecule has 0 atom stereocenters. The number of carbonyl (C=O) groups is 3. The van der Waals surface area contributed by atoms with Crippen molar-refractivity contribution >= 4 is 34.3 Å². The second-order valence-corrected chi connectivity index (χ2v) is 7.68. The van der Waals surface area contributed by atoms with Crippen molar-refractivity contribution in [2.75, 3.05) is 11.9 Å². The van der Waals surface area contributed by atoms with Crippen LogP contribution in [0.1, 0.15) is 41.0 Å². The van der Waals surface area contributed by atoms with Gasteiger partial charge in [0.1, 0.15) is 0 Å². The molecule has 0 radical (unpaired) electrons. The van der Waals surface area contributed by atoms with Gasteiger partial charge in [-0.3, -0.25) is 9.59 Å². The molecule has 0 saturated carbocycles. The lowest BCUT2D eigenvalue weighted by Gasteiger charge is -2.29. The van der Waals surface area contributed by atoms with E-state index >= 15 is 0 Å². The summed E-state index contributed by atoms with van der Waals surface area (Å²) in [6.07, 6.45) is 0.857. The minimum atomic E-state index is -0.973. The zero-order valence-corrected chi connectivity index (χ0v) is 16.0. The zero-order valence-electron chi connectivity index (χ0n) is 15.2. The van der Waals surface area contributed by atoms with Crippen LogP contribution in [0.25, 0.3) is 0 Å². The number of anilines is 1. The Labute approximate surface area is 161 Å². The third-order valence-electron chi connectivity index (χ3n) is 4.46. The molecular weight excluding hydrogens is 366 g/mol. The van der Waals surface area contributed by atoms with Crippen molar-refractivity contribution in [1.82, 2.24) is 9.88 Å². The Kier molecular flexibility index (Phi) is 5.55.